The Balaban J connectivity index is 1.46. The smallest absolute Gasteiger partial charge is 0.262 e. The van der Waals surface area contributed by atoms with E-state index >= 15 is 0 Å². The topological polar surface area (TPSA) is 114 Å². The molecule has 0 spiro atoms. The predicted octanol–water partition coefficient (Wildman–Crippen LogP) is 2.40. The summed E-state index contributed by atoms with van der Waals surface area (Å²) in [6, 6.07) is 10.1. The number of hydrogen-bond acceptors (Lipinski definition) is 6. The zero-order chi connectivity index (χ0) is 23.6. The fraction of sp³-hybridized carbons (Fsp3) is 0.364. The first-order valence-corrected chi connectivity index (χ1v) is 12.3. The van der Waals surface area contributed by atoms with Gasteiger partial charge in [-0.15, -0.1) is 0 Å². The molecule has 1 fully saturated rings. The van der Waals surface area contributed by atoms with Crippen molar-refractivity contribution < 1.29 is 27.5 Å². The maximum absolute atomic E-state index is 13.3. The van der Waals surface area contributed by atoms with Gasteiger partial charge in [-0.1, -0.05) is 23.7 Å². The normalized spacial score (nSPS) is 18.6. The van der Waals surface area contributed by atoms with Gasteiger partial charge in [0.05, 0.1) is 23.7 Å². The SMILES string of the molecule is COc1cccc(CNC(=O)[C@H]2CCCN(S(=O)(=O)c3cc4c(cc3Cl)NC(=O)CO4)C2)c1. The van der Waals surface area contributed by atoms with Crippen LogP contribution in [0.4, 0.5) is 5.69 Å². The third-order valence-corrected chi connectivity index (χ3v) is 7.97. The number of piperidine rings is 1. The minimum absolute atomic E-state index is 0.0239. The van der Waals surface area contributed by atoms with Gasteiger partial charge in [-0.05, 0) is 36.6 Å². The van der Waals surface area contributed by atoms with Gasteiger partial charge in [-0.2, -0.15) is 4.31 Å². The van der Waals surface area contributed by atoms with Gasteiger partial charge in [0, 0.05) is 25.7 Å². The number of nitrogens with zero attached hydrogens (tertiary/aromatic N) is 1. The number of sulfonamides is 1. The molecule has 176 valence electrons. The number of carbonyl (C=O) groups excluding carboxylic acids is 2. The highest BCUT2D eigenvalue weighted by Crippen LogP contribution is 2.37. The van der Waals surface area contributed by atoms with Crippen LogP contribution in [0.5, 0.6) is 11.5 Å². The van der Waals surface area contributed by atoms with Gasteiger partial charge in [-0.25, -0.2) is 8.42 Å². The largest absolute Gasteiger partial charge is 0.497 e. The van der Waals surface area contributed by atoms with Crippen LogP contribution in [0.1, 0.15) is 18.4 Å². The van der Waals surface area contributed by atoms with E-state index in [1.54, 1.807) is 7.11 Å². The summed E-state index contributed by atoms with van der Waals surface area (Å²) < 4.78 is 38.5. The lowest BCUT2D eigenvalue weighted by atomic mass is 9.99. The third kappa shape index (κ3) is 5.07. The lowest BCUT2D eigenvalue weighted by molar-refractivity contribution is -0.126. The third-order valence-electron chi connectivity index (χ3n) is 5.64. The maximum atomic E-state index is 13.3. The van der Waals surface area contributed by atoms with Crippen molar-refractivity contribution in [3.8, 4) is 11.5 Å². The summed E-state index contributed by atoms with van der Waals surface area (Å²) in [4.78, 5) is 24.2. The number of hydrogen-bond donors (Lipinski definition) is 2. The van der Waals surface area contributed by atoms with Crippen molar-refractivity contribution in [2.75, 3.05) is 32.1 Å². The van der Waals surface area contributed by atoms with Gasteiger partial charge in [0.15, 0.2) is 6.61 Å². The van der Waals surface area contributed by atoms with Gasteiger partial charge in [0.2, 0.25) is 15.9 Å². The summed E-state index contributed by atoms with van der Waals surface area (Å²) in [6.45, 7) is 0.455. The summed E-state index contributed by atoms with van der Waals surface area (Å²) in [5.74, 6) is -0.0938. The molecule has 2 aliphatic rings. The summed E-state index contributed by atoms with van der Waals surface area (Å²) >= 11 is 6.25. The molecular weight excluding hydrogens is 470 g/mol. The molecule has 1 atom stereocenters. The Kier molecular flexibility index (Phi) is 6.78. The number of rotatable bonds is 6. The number of nitrogens with one attached hydrogen (secondary N) is 2. The van der Waals surface area contributed by atoms with Crippen molar-refractivity contribution in [1.29, 1.82) is 0 Å². The van der Waals surface area contributed by atoms with Crippen LogP contribution in [0.2, 0.25) is 5.02 Å². The van der Waals surface area contributed by atoms with Crippen molar-refractivity contribution in [2.24, 2.45) is 5.92 Å². The van der Waals surface area contributed by atoms with E-state index in [9.17, 15) is 18.0 Å². The van der Waals surface area contributed by atoms with E-state index in [2.05, 4.69) is 10.6 Å². The van der Waals surface area contributed by atoms with Crippen LogP contribution >= 0.6 is 11.6 Å². The van der Waals surface area contributed by atoms with Crippen LogP contribution in [0.25, 0.3) is 0 Å². The molecule has 2 heterocycles. The van der Waals surface area contributed by atoms with Crippen LogP contribution in [-0.2, 0) is 26.2 Å². The van der Waals surface area contributed by atoms with Crippen molar-refractivity contribution in [3.63, 3.8) is 0 Å². The van der Waals surface area contributed by atoms with E-state index in [0.717, 1.165) is 5.56 Å². The van der Waals surface area contributed by atoms with Crippen LogP contribution in [0.3, 0.4) is 0 Å². The van der Waals surface area contributed by atoms with E-state index < -0.39 is 15.9 Å². The molecular formula is C22H24ClN3O6S. The van der Waals surface area contributed by atoms with E-state index in [4.69, 9.17) is 21.1 Å². The van der Waals surface area contributed by atoms with Crippen LogP contribution in [-0.4, -0.2) is 51.3 Å². The number of anilines is 1. The highest BCUT2D eigenvalue weighted by Gasteiger charge is 2.35. The molecule has 2 aromatic carbocycles. The Labute approximate surface area is 197 Å². The second-order valence-electron chi connectivity index (χ2n) is 7.89. The standard InChI is InChI=1S/C22H24ClN3O6S/c1-31-16-6-2-4-14(8-16)11-24-22(28)15-5-3-7-26(12-15)33(29,30)20-10-19-18(9-17(20)23)25-21(27)13-32-19/h2,4,6,8-10,15H,3,5,7,11-13H2,1H3,(H,24,28)(H,25,27)/t15-/m0/s1. The quantitative estimate of drug-likeness (QED) is 0.638. The van der Waals surface area contributed by atoms with E-state index in [1.807, 2.05) is 24.3 Å². The first kappa shape index (κ1) is 23.3. The average Bonchev–Trinajstić information content (AvgIpc) is 2.82. The minimum Gasteiger partial charge on any atom is -0.497 e. The molecule has 2 aliphatic heterocycles. The molecule has 0 unspecified atom stereocenters. The molecule has 0 bridgehead atoms. The molecule has 2 aromatic rings. The summed E-state index contributed by atoms with van der Waals surface area (Å²) in [6.07, 6.45) is 1.13. The molecule has 0 radical (unpaired) electrons. The Morgan fingerprint density at radius 3 is 2.94 bits per heavy atom. The molecule has 1 saturated heterocycles. The number of benzene rings is 2. The van der Waals surface area contributed by atoms with E-state index in [-0.39, 0.29) is 47.2 Å². The Morgan fingerprint density at radius 1 is 1.33 bits per heavy atom. The van der Waals surface area contributed by atoms with Gasteiger partial charge >= 0.3 is 0 Å². The first-order chi connectivity index (χ1) is 15.8. The number of halogens is 1. The van der Waals surface area contributed by atoms with E-state index in [1.165, 1.54) is 16.4 Å². The highest BCUT2D eigenvalue weighted by molar-refractivity contribution is 7.89. The molecule has 11 heteroatoms. The van der Waals surface area contributed by atoms with Crippen molar-refractivity contribution >= 4 is 39.1 Å². The zero-order valence-electron chi connectivity index (χ0n) is 18.0. The number of methoxy groups -OCH3 is 1. The lowest BCUT2D eigenvalue weighted by Gasteiger charge is -2.31. The minimum atomic E-state index is -3.97. The highest BCUT2D eigenvalue weighted by atomic mass is 35.5. The van der Waals surface area contributed by atoms with Crippen LogP contribution in [0.15, 0.2) is 41.3 Å². The molecule has 0 aromatic heterocycles. The van der Waals surface area contributed by atoms with Crippen LogP contribution in [0, 0.1) is 5.92 Å². The van der Waals surface area contributed by atoms with Gasteiger partial charge in [0.1, 0.15) is 16.4 Å². The molecule has 2 N–H and O–H groups in total. The molecule has 4 rings (SSSR count). The fourth-order valence-corrected chi connectivity index (χ4v) is 5.95. The summed E-state index contributed by atoms with van der Waals surface area (Å²) in [5, 5.41) is 5.46. The molecule has 0 saturated carbocycles. The van der Waals surface area contributed by atoms with Crippen molar-refractivity contribution in [1.82, 2.24) is 9.62 Å². The van der Waals surface area contributed by atoms with Crippen LogP contribution < -0.4 is 20.1 Å². The van der Waals surface area contributed by atoms with Crippen molar-refractivity contribution in [3.05, 3.63) is 47.0 Å². The second kappa shape index (κ2) is 9.58. The molecule has 0 aliphatic carbocycles. The number of ether oxygens (including phenoxy) is 2. The van der Waals surface area contributed by atoms with Gasteiger partial charge in [0.25, 0.3) is 5.91 Å². The zero-order valence-corrected chi connectivity index (χ0v) is 19.5. The Morgan fingerprint density at radius 2 is 2.15 bits per heavy atom. The predicted molar refractivity (Wildman–Crippen MR) is 122 cm³/mol. The lowest BCUT2D eigenvalue weighted by Crippen LogP contribution is -2.45. The van der Waals surface area contributed by atoms with E-state index in [0.29, 0.717) is 30.8 Å². The molecule has 2 amide bonds. The Hall–Kier alpha value is -2.82. The number of carbonyl (C=O) groups is 2. The molecule has 33 heavy (non-hydrogen) atoms. The Bertz CT molecular complexity index is 1190. The fourth-order valence-electron chi connectivity index (χ4n) is 3.91. The second-order valence-corrected chi connectivity index (χ2v) is 10.2. The summed E-state index contributed by atoms with van der Waals surface area (Å²) in [7, 11) is -2.39. The summed E-state index contributed by atoms with van der Waals surface area (Å²) in [5.41, 5.74) is 1.21. The monoisotopic (exact) mass is 493 g/mol. The number of amides is 2. The van der Waals surface area contributed by atoms with Gasteiger partial charge in [-0.3, -0.25) is 9.59 Å². The molecule has 9 nitrogen and oxygen atoms in total. The first-order valence-electron chi connectivity index (χ1n) is 10.4. The average molecular weight is 494 g/mol. The number of fused-ring (bicyclic) bond motifs is 1. The van der Waals surface area contributed by atoms with Crippen molar-refractivity contribution in [2.45, 2.75) is 24.3 Å². The maximum Gasteiger partial charge on any atom is 0.262 e. The van der Waals surface area contributed by atoms with Gasteiger partial charge < -0.3 is 20.1 Å².